The van der Waals surface area contributed by atoms with Gasteiger partial charge in [0.2, 0.25) is 5.82 Å². The van der Waals surface area contributed by atoms with Crippen molar-refractivity contribution in [3.05, 3.63) is 53.1 Å². The summed E-state index contributed by atoms with van der Waals surface area (Å²) in [5, 5.41) is 17.1. The van der Waals surface area contributed by atoms with E-state index in [9.17, 15) is 10.1 Å². The number of nitriles is 1. The summed E-state index contributed by atoms with van der Waals surface area (Å²) < 4.78 is 11.3. The average Bonchev–Trinajstić information content (AvgIpc) is 3.53. The number of aromatic nitrogens is 2. The SMILES string of the molecule is CC(C)Oc1ccc(-c2nc(-c3cccc4c3CCC[C@H]4NC(=O)N3CC[C@H](C)C3)no2)cc1C#N. The standard InChI is InChI=1S/C28H31N5O3/c1-17(2)35-25-11-10-19(14-20(25)15-29)27-31-26(32-36-27)23-8-4-7-22-21(23)6-5-9-24(22)30-28(34)33-13-12-18(3)16-33/h4,7-8,10-11,14,17-18,24H,5-6,9,12-13,16H2,1-3H3,(H,30,34)/t18-,24+/m0/s1. The van der Waals surface area contributed by atoms with Crippen molar-refractivity contribution in [3.63, 3.8) is 0 Å². The quantitative estimate of drug-likeness (QED) is 0.512. The van der Waals surface area contributed by atoms with Crippen LogP contribution in [0.3, 0.4) is 0 Å². The molecule has 1 saturated heterocycles. The van der Waals surface area contributed by atoms with Gasteiger partial charge in [-0.2, -0.15) is 10.2 Å². The van der Waals surface area contributed by atoms with Crippen LogP contribution in [0.5, 0.6) is 5.75 Å². The molecule has 2 atom stereocenters. The monoisotopic (exact) mass is 485 g/mol. The van der Waals surface area contributed by atoms with E-state index >= 15 is 0 Å². The van der Waals surface area contributed by atoms with Gasteiger partial charge in [0.05, 0.1) is 17.7 Å². The number of rotatable bonds is 5. The molecule has 2 aliphatic rings. The molecule has 1 aliphatic heterocycles. The molecule has 1 aliphatic carbocycles. The number of likely N-dealkylation sites (tertiary alicyclic amines) is 1. The lowest BCUT2D eigenvalue weighted by molar-refractivity contribution is 0.201. The summed E-state index contributed by atoms with van der Waals surface area (Å²) in [7, 11) is 0. The summed E-state index contributed by atoms with van der Waals surface area (Å²) in [4.78, 5) is 19.4. The Hall–Kier alpha value is -3.86. The van der Waals surface area contributed by atoms with E-state index in [1.54, 1.807) is 12.1 Å². The maximum Gasteiger partial charge on any atom is 0.317 e. The van der Waals surface area contributed by atoms with Gasteiger partial charge in [0.1, 0.15) is 11.8 Å². The topological polar surface area (TPSA) is 104 Å². The van der Waals surface area contributed by atoms with E-state index in [4.69, 9.17) is 9.26 Å². The zero-order valence-electron chi connectivity index (χ0n) is 21.0. The Morgan fingerprint density at radius 1 is 1.28 bits per heavy atom. The molecule has 36 heavy (non-hydrogen) atoms. The van der Waals surface area contributed by atoms with E-state index < -0.39 is 0 Å². The first-order valence-electron chi connectivity index (χ1n) is 12.7. The number of hydrogen-bond donors (Lipinski definition) is 1. The minimum Gasteiger partial charge on any atom is -0.490 e. The zero-order valence-corrected chi connectivity index (χ0v) is 21.0. The Labute approximate surface area is 211 Å². The van der Waals surface area contributed by atoms with E-state index in [1.165, 1.54) is 0 Å². The average molecular weight is 486 g/mol. The number of carbonyl (C=O) groups is 1. The van der Waals surface area contributed by atoms with Gasteiger partial charge in [-0.05, 0) is 74.8 Å². The van der Waals surface area contributed by atoms with Gasteiger partial charge in [0.15, 0.2) is 0 Å². The predicted octanol–water partition coefficient (Wildman–Crippen LogP) is 5.49. The third kappa shape index (κ3) is 4.78. The number of benzene rings is 2. The van der Waals surface area contributed by atoms with E-state index in [1.807, 2.05) is 36.9 Å². The van der Waals surface area contributed by atoms with Crippen molar-refractivity contribution < 1.29 is 14.1 Å². The second kappa shape index (κ2) is 10.0. The van der Waals surface area contributed by atoms with Crippen molar-refractivity contribution in [2.75, 3.05) is 13.1 Å². The van der Waals surface area contributed by atoms with Crippen LogP contribution in [0, 0.1) is 17.2 Å². The van der Waals surface area contributed by atoms with Gasteiger partial charge in [-0.15, -0.1) is 0 Å². The number of hydrogen-bond acceptors (Lipinski definition) is 6. The zero-order chi connectivity index (χ0) is 25.2. The molecule has 0 unspecified atom stereocenters. The van der Waals surface area contributed by atoms with Crippen LogP contribution < -0.4 is 10.1 Å². The third-order valence-electron chi connectivity index (χ3n) is 6.89. The summed E-state index contributed by atoms with van der Waals surface area (Å²) in [5.74, 6) is 1.93. The van der Waals surface area contributed by atoms with E-state index in [0.29, 0.717) is 34.5 Å². The number of carbonyl (C=O) groups excluding carboxylic acids is 1. The summed E-state index contributed by atoms with van der Waals surface area (Å²) >= 11 is 0. The minimum absolute atomic E-state index is 0.0163. The molecular weight excluding hydrogens is 454 g/mol. The fourth-order valence-corrected chi connectivity index (χ4v) is 5.13. The first-order valence-corrected chi connectivity index (χ1v) is 12.7. The van der Waals surface area contributed by atoms with Crippen LogP contribution >= 0.6 is 0 Å². The van der Waals surface area contributed by atoms with Gasteiger partial charge in [-0.1, -0.05) is 30.3 Å². The van der Waals surface area contributed by atoms with Crippen LogP contribution in [0.4, 0.5) is 4.79 Å². The van der Waals surface area contributed by atoms with Gasteiger partial charge >= 0.3 is 6.03 Å². The van der Waals surface area contributed by atoms with Crippen LogP contribution in [0.25, 0.3) is 22.8 Å². The molecule has 1 fully saturated rings. The molecule has 3 aromatic rings. The van der Waals surface area contributed by atoms with Crippen molar-refractivity contribution in [1.29, 1.82) is 5.26 Å². The maximum absolute atomic E-state index is 12.9. The molecule has 0 saturated carbocycles. The van der Waals surface area contributed by atoms with Gasteiger partial charge in [-0.25, -0.2) is 4.79 Å². The number of nitrogens with one attached hydrogen (secondary N) is 1. The Morgan fingerprint density at radius 3 is 2.89 bits per heavy atom. The van der Waals surface area contributed by atoms with Crippen LogP contribution in [-0.4, -0.2) is 40.3 Å². The molecule has 8 heteroatoms. The van der Waals surface area contributed by atoms with Crippen LogP contribution in [-0.2, 0) is 6.42 Å². The van der Waals surface area contributed by atoms with Crippen LogP contribution in [0.1, 0.15) is 62.8 Å². The minimum atomic E-state index is -0.0327. The summed E-state index contributed by atoms with van der Waals surface area (Å²) in [6, 6.07) is 13.5. The van der Waals surface area contributed by atoms with E-state index in [2.05, 4.69) is 34.5 Å². The number of urea groups is 1. The fraction of sp³-hybridized carbons (Fsp3) is 0.429. The Morgan fingerprint density at radius 2 is 2.14 bits per heavy atom. The van der Waals surface area contributed by atoms with E-state index in [0.717, 1.165) is 55.5 Å². The lowest BCUT2D eigenvalue weighted by Gasteiger charge is -2.29. The molecule has 0 spiro atoms. The Balaban J connectivity index is 1.40. The number of fused-ring (bicyclic) bond motifs is 1. The van der Waals surface area contributed by atoms with Crippen molar-refractivity contribution in [3.8, 4) is 34.7 Å². The molecule has 2 aromatic carbocycles. The molecule has 0 bridgehead atoms. The fourth-order valence-electron chi connectivity index (χ4n) is 5.13. The highest BCUT2D eigenvalue weighted by Crippen LogP contribution is 2.36. The smallest absolute Gasteiger partial charge is 0.317 e. The molecule has 1 aromatic heterocycles. The second-order valence-corrected chi connectivity index (χ2v) is 10.0. The first-order chi connectivity index (χ1) is 17.4. The molecular formula is C28H31N5O3. The number of ether oxygens (including phenoxy) is 1. The lowest BCUT2D eigenvalue weighted by atomic mass is 9.84. The van der Waals surface area contributed by atoms with Gasteiger partial charge in [-0.3, -0.25) is 0 Å². The first kappa shape index (κ1) is 23.9. The van der Waals surface area contributed by atoms with Crippen LogP contribution in [0.15, 0.2) is 40.9 Å². The second-order valence-electron chi connectivity index (χ2n) is 10.0. The maximum atomic E-state index is 12.9. The highest BCUT2D eigenvalue weighted by Gasteiger charge is 2.29. The van der Waals surface area contributed by atoms with E-state index in [-0.39, 0.29) is 18.2 Å². The highest BCUT2D eigenvalue weighted by atomic mass is 16.5. The number of amides is 2. The van der Waals surface area contributed by atoms with Crippen LogP contribution in [0.2, 0.25) is 0 Å². The molecule has 1 N–H and O–H groups in total. The molecule has 0 radical (unpaired) electrons. The van der Waals surface area contributed by atoms with Crippen molar-refractivity contribution in [2.45, 2.75) is 58.6 Å². The van der Waals surface area contributed by atoms with Crippen molar-refractivity contribution in [1.82, 2.24) is 20.4 Å². The Kier molecular flexibility index (Phi) is 6.64. The molecule has 5 rings (SSSR count). The Bertz CT molecular complexity index is 1310. The molecule has 8 nitrogen and oxygen atoms in total. The van der Waals surface area contributed by atoms with Crippen molar-refractivity contribution in [2.24, 2.45) is 5.92 Å². The largest absolute Gasteiger partial charge is 0.490 e. The number of nitrogens with zero attached hydrogens (tertiary/aromatic N) is 4. The molecule has 186 valence electrons. The van der Waals surface area contributed by atoms with Crippen molar-refractivity contribution >= 4 is 6.03 Å². The summed E-state index contributed by atoms with van der Waals surface area (Å²) in [6.45, 7) is 7.65. The predicted molar refractivity (Wildman–Crippen MR) is 135 cm³/mol. The summed E-state index contributed by atoms with van der Waals surface area (Å²) in [5.41, 5.74) is 4.26. The van der Waals surface area contributed by atoms with Gasteiger partial charge < -0.3 is 19.5 Å². The molecule has 2 amide bonds. The van der Waals surface area contributed by atoms with Gasteiger partial charge in [0, 0.05) is 24.2 Å². The normalized spacial score (nSPS) is 19.1. The van der Waals surface area contributed by atoms with Gasteiger partial charge in [0.25, 0.3) is 5.89 Å². The lowest BCUT2D eigenvalue weighted by Crippen LogP contribution is -2.41. The highest BCUT2D eigenvalue weighted by molar-refractivity contribution is 5.75. The third-order valence-corrected chi connectivity index (χ3v) is 6.89. The molecule has 2 heterocycles. The summed E-state index contributed by atoms with van der Waals surface area (Å²) in [6.07, 6.45) is 3.80.